The van der Waals surface area contributed by atoms with Crippen molar-refractivity contribution in [1.29, 1.82) is 0 Å². The molecule has 2 aromatic carbocycles. The zero-order chi connectivity index (χ0) is 24.8. The lowest BCUT2D eigenvalue weighted by atomic mass is 10.1. The maximum atomic E-state index is 13.4. The molecule has 8 nitrogen and oxygen atoms in total. The Morgan fingerprint density at radius 2 is 1.91 bits per heavy atom. The minimum atomic E-state index is -2.99. The number of fused-ring (bicyclic) bond motifs is 1. The average Bonchev–Trinajstić information content (AvgIpc) is 3.02. The molecule has 1 unspecified atom stereocenters. The first-order valence-corrected chi connectivity index (χ1v) is 12.7. The highest BCUT2D eigenvalue weighted by atomic mass is 32.3. The minimum absolute atomic E-state index is 0.0699. The quantitative estimate of drug-likeness (QED) is 0.444. The molecule has 1 fully saturated rings. The van der Waals surface area contributed by atoms with Crippen LogP contribution in [-0.2, 0) is 0 Å². The Balaban J connectivity index is 1.78. The second-order valence-electron chi connectivity index (χ2n) is 8.93. The van der Waals surface area contributed by atoms with Crippen molar-refractivity contribution in [3.05, 3.63) is 58.5 Å². The number of carbonyl (C=O) groups excluding carboxylic acids is 1. The van der Waals surface area contributed by atoms with E-state index in [0.717, 1.165) is 0 Å². The lowest BCUT2D eigenvalue weighted by Gasteiger charge is -2.54. The van der Waals surface area contributed by atoms with E-state index in [2.05, 4.69) is 10.1 Å². The fraction of sp³-hybridized carbons (Fsp3) is 0.391. The van der Waals surface area contributed by atoms with Crippen LogP contribution in [-0.4, -0.2) is 47.8 Å². The molecule has 184 valence electrons. The Bertz CT molecular complexity index is 1300. The molecule has 1 amide bonds. The molecule has 0 radical (unpaired) electrons. The van der Waals surface area contributed by atoms with Crippen LogP contribution in [0.2, 0.25) is 0 Å². The van der Waals surface area contributed by atoms with E-state index >= 15 is 0 Å². The van der Waals surface area contributed by atoms with Crippen molar-refractivity contribution in [2.24, 2.45) is 0 Å². The molecule has 1 atom stereocenters. The van der Waals surface area contributed by atoms with Crippen LogP contribution in [0.1, 0.15) is 43.6 Å². The Kier molecular flexibility index (Phi) is 6.21. The molecule has 4 rings (SSSR count). The van der Waals surface area contributed by atoms with Gasteiger partial charge in [-0.3, -0.25) is 23.0 Å². The number of hydrogen-bond acceptors (Lipinski definition) is 5. The smallest absolute Gasteiger partial charge is 0.387 e. The van der Waals surface area contributed by atoms with E-state index < -0.39 is 22.7 Å². The van der Waals surface area contributed by atoms with E-state index in [0.29, 0.717) is 28.7 Å². The number of ether oxygens (including phenoxy) is 1. The van der Waals surface area contributed by atoms with E-state index in [1.807, 2.05) is 13.8 Å². The molecule has 2 heterocycles. The maximum absolute atomic E-state index is 13.4. The third-order valence-corrected chi connectivity index (χ3v) is 8.18. The molecule has 1 aliphatic rings. The summed E-state index contributed by atoms with van der Waals surface area (Å²) in [4.78, 5) is 26.4. The molecule has 1 aromatic heterocycles. The second kappa shape index (κ2) is 8.71. The standard InChI is InChI=1S/C23H27F2N3O5S/c1-4-14(2)27-19-10-15(20(29)26-23(3)12-34(31,32)13-23)8-9-18(19)28(22(27)30)16-6-5-7-17(11-16)33-21(24)25/h5-11,14,21,31-32H,4,12-13H2,1-3H3,(H,26,29). The Hall–Kier alpha value is -2.89. The van der Waals surface area contributed by atoms with Gasteiger partial charge in [-0.2, -0.15) is 19.4 Å². The molecule has 0 spiro atoms. The van der Waals surface area contributed by atoms with E-state index in [9.17, 15) is 27.5 Å². The van der Waals surface area contributed by atoms with Gasteiger partial charge in [-0.05, 0) is 50.6 Å². The predicted molar refractivity (Wildman–Crippen MR) is 128 cm³/mol. The molecule has 0 saturated carbocycles. The maximum Gasteiger partial charge on any atom is 0.387 e. The SMILES string of the molecule is CCC(C)n1c(=O)n(-c2cccc(OC(F)F)c2)c2ccc(C(=O)NC3(C)CS(O)(O)C3)cc21. The van der Waals surface area contributed by atoms with Crippen LogP contribution >= 0.6 is 10.6 Å². The van der Waals surface area contributed by atoms with Gasteiger partial charge in [-0.1, -0.05) is 13.0 Å². The second-order valence-corrected chi connectivity index (χ2v) is 11.1. The summed E-state index contributed by atoms with van der Waals surface area (Å²) >= 11 is 0. The van der Waals surface area contributed by atoms with Gasteiger partial charge in [0.25, 0.3) is 5.91 Å². The number of aromatic nitrogens is 2. The Labute approximate surface area is 196 Å². The zero-order valence-electron chi connectivity index (χ0n) is 19.0. The van der Waals surface area contributed by atoms with Crippen molar-refractivity contribution in [2.75, 3.05) is 11.5 Å². The van der Waals surface area contributed by atoms with Gasteiger partial charge in [-0.15, -0.1) is 0 Å². The van der Waals surface area contributed by atoms with Crippen LogP contribution in [0.4, 0.5) is 8.78 Å². The van der Waals surface area contributed by atoms with Gasteiger partial charge >= 0.3 is 12.3 Å². The highest BCUT2D eigenvalue weighted by molar-refractivity contribution is 8.25. The minimum Gasteiger partial charge on any atom is -0.435 e. The summed E-state index contributed by atoms with van der Waals surface area (Å²) in [6.45, 7) is 2.58. The molecular formula is C23H27F2N3O5S. The van der Waals surface area contributed by atoms with Crippen molar-refractivity contribution in [3.63, 3.8) is 0 Å². The van der Waals surface area contributed by atoms with Crippen LogP contribution in [0.3, 0.4) is 0 Å². The number of imidazole rings is 1. The monoisotopic (exact) mass is 495 g/mol. The van der Waals surface area contributed by atoms with Crippen molar-refractivity contribution in [3.8, 4) is 11.4 Å². The number of hydrogen-bond donors (Lipinski definition) is 3. The van der Waals surface area contributed by atoms with E-state index in [4.69, 9.17) is 0 Å². The van der Waals surface area contributed by atoms with Crippen LogP contribution < -0.4 is 15.7 Å². The summed E-state index contributed by atoms with van der Waals surface area (Å²) in [7, 11) is -2.64. The molecule has 0 aliphatic carbocycles. The predicted octanol–water partition coefficient (Wildman–Crippen LogP) is 4.62. The fourth-order valence-corrected chi connectivity index (χ4v) is 6.51. The van der Waals surface area contributed by atoms with Gasteiger partial charge in [0, 0.05) is 17.7 Å². The summed E-state index contributed by atoms with van der Waals surface area (Å²) in [5, 5.41) is 2.85. The number of nitrogens with zero attached hydrogens (tertiary/aromatic N) is 2. The van der Waals surface area contributed by atoms with Crippen LogP contribution in [0.25, 0.3) is 16.7 Å². The normalized spacial score (nSPS) is 18.4. The van der Waals surface area contributed by atoms with Crippen molar-refractivity contribution in [2.45, 2.75) is 45.4 Å². The van der Waals surface area contributed by atoms with Crippen LogP contribution in [0.5, 0.6) is 5.75 Å². The summed E-state index contributed by atoms with van der Waals surface area (Å²) in [5.41, 5.74) is 0.644. The number of nitrogens with one attached hydrogen (secondary N) is 1. The van der Waals surface area contributed by atoms with Crippen molar-refractivity contribution < 1.29 is 27.4 Å². The summed E-state index contributed by atoms with van der Waals surface area (Å²) in [6.07, 6.45) is 0.653. The highest BCUT2D eigenvalue weighted by Crippen LogP contribution is 2.53. The summed E-state index contributed by atoms with van der Waals surface area (Å²) in [6, 6.07) is 10.5. The van der Waals surface area contributed by atoms with Gasteiger partial charge in [0.15, 0.2) is 0 Å². The first-order valence-electron chi connectivity index (χ1n) is 10.8. The van der Waals surface area contributed by atoms with Gasteiger partial charge < -0.3 is 10.1 Å². The third-order valence-electron chi connectivity index (χ3n) is 5.98. The van der Waals surface area contributed by atoms with Crippen LogP contribution in [0.15, 0.2) is 47.3 Å². The topological polar surface area (TPSA) is 106 Å². The van der Waals surface area contributed by atoms with Crippen molar-refractivity contribution >= 4 is 27.5 Å². The van der Waals surface area contributed by atoms with Crippen LogP contribution in [0, 0.1) is 0 Å². The molecule has 3 aromatic rings. The van der Waals surface area contributed by atoms with E-state index in [1.54, 1.807) is 35.8 Å². The molecule has 0 bridgehead atoms. The van der Waals surface area contributed by atoms with E-state index in [1.165, 1.54) is 22.8 Å². The fourth-order valence-electron chi connectivity index (χ4n) is 4.41. The summed E-state index contributed by atoms with van der Waals surface area (Å²) in [5.74, 6) is -0.264. The molecular weight excluding hydrogens is 468 g/mol. The number of amides is 1. The number of carbonyl (C=O) groups is 1. The molecule has 1 aliphatic heterocycles. The molecule has 3 N–H and O–H groups in total. The number of alkyl halides is 2. The Morgan fingerprint density at radius 1 is 1.21 bits per heavy atom. The lowest BCUT2D eigenvalue weighted by Crippen LogP contribution is -2.61. The highest BCUT2D eigenvalue weighted by Gasteiger charge is 2.45. The van der Waals surface area contributed by atoms with Gasteiger partial charge in [-0.25, -0.2) is 4.79 Å². The first-order chi connectivity index (χ1) is 15.9. The number of benzene rings is 2. The van der Waals surface area contributed by atoms with Gasteiger partial charge in [0.05, 0.1) is 33.8 Å². The summed E-state index contributed by atoms with van der Waals surface area (Å²) < 4.78 is 52.3. The molecule has 34 heavy (non-hydrogen) atoms. The third kappa shape index (κ3) is 4.55. The largest absolute Gasteiger partial charge is 0.435 e. The average molecular weight is 496 g/mol. The molecule has 11 heteroatoms. The van der Waals surface area contributed by atoms with Gasteiger partial charge in [0.2, 0.25) is 0 Å². The Morgan fingerprint density at radius 3 is 2.53 bits per heavy atom. The number of rotatable bonds is 7. The van der Waals surface area contributed by atoms with E-state index in [-0.39, 0.29) is 34.9 Å². The number of halogens is 2. The van der Waals surface area contributed by atoms with Gasteiger partial charge in [0.1, 0.15) is 5.75 Å². The molecule has 1 saturated heterocycles. The zero-order valence-corrected chi connectivity index (χ0v) is 19.8. The lowest BCUT2D eigenvalue weighted by molar-refractivity contribution is -0.0498. The van der Waals surface area contributed by atoms with Crippen molar-refractivity contribution in [1.82, 2.24) is 14.5 Å². The first kappa shape index (κ1) is 24.2.